The van der Waals surface area contributed by atoms with Gasteiger partial charge in [0.25, 0.3) is 0 Å². The molecule has 0 amide bonds. The highest BCUT2D eigenvalue weighted by atomic mass is 31.2. The molecule has 0 aliphatic rings. The number of phosphoric acid groups is 2. The number of ether oxygens (including phenoxy) is 4. The van der Waals surface area contributed by atoms with E-state index >= 15 is 0 Å². The molecule has 0 radical (unpaired) electrons. The Morgan fingerprint density at radius 2 is 0.474 bits per heavy atom. The summed E-state index contributed by atoms with van der Waals surface area (Å²) in [6.45, 7) is 9.52. The Bertz CT molecular complexity index is 1870. The molecular formula is C78H152O17P2. The molecule has 0 spiro atoms. The lowest BCUT2D eigenvalue weighted by Crippen LogP contribution is -2.30. The van der Waals surface area contributed by atoms with Crippen LogP contribution in [0.5, 0.6) is 0 Å². The van der Waals surface area contributed by atoms with Crippen molar-refractivity contribution in [2.75, 3.05) is 39.6 Å². The maximum atomic E-state index is 13.1. The molecule has 3 N–H and O–H groups in total. The molecule has 19 heteroatoms. The third-order valence-electron chi connectivity index (χ3n) is 18.2. The Morgan fingerprint density at radius 1 is 0.278 bits per heavy atom. The first kappa shape index (κ1) is 95.1. The van der Waals surface area contributed by atoms with Crippen molar-refractivity contribution in [3.8, 4) is 0 Å². The lowest BCUT2D eigenvalue weighted by Gasteiger charge is -2.21. The van der Waals surface area contributed by atoms with E-state index in [0.717, 1.165) is 95.8 Å². The van der Waals surface area contributed by atoms with Gasteiger partial charge in [-0.1, -0.05) is 356 Å². The number of aliphatic hydroxyl groups excluding tert-OH is 1. The molecule has 97 heavy (non-hydrogen) atoms. The number of hydrogen-bond acceptors (Lipinski definition) is 15. The van der Waals surface area contributed by atoms with Gasteiger partial charge in [0.15, 0.2) is 12.2 Å². The van der Waals surface area contributed by atoms with Crippen LogP contribution in [-0.4, -0.2) is 96.7 Å². The highest BCUT2D eigenvalue weighted by Gasteiger charge is 2.30. The molecule has 0 heterocycles. The fourth-order valence-electron chi connectivity index (χ4n) is 12.0. The fourth-order valence-corrected chi connectivity index (χ4v) is 13.6. The predicted molar refractivity (Wildman–Crippen MR) is 395 cm³/mol. The third kappa shape index (κ3) is 72.2. The van der Waals surface area contributed by atoms with Gasteiger partial charge in [0, 0.05) is 25.7 Å². The Labute approximate surface area is 594 Å². The summed E-state index contributed by atoms with van der Waals surface area (Å²) in [7, 11) is -9.91. The van der Waals surface area contributed by atoms with Crippen LogP contribution in [0.1, 0.15) is 408 Å². The molecule has 2 unspecified atom stereocenters. The topological polar surface area (TPSA) is 237 Å². The van der Waals surface area contributed by atoms with Crippen molar-refractivity contribution < 1.29 is 80.2 Å². The van der Waals surface area contributed by atoms with Crippen molar-refractivity contribution in [3.05, 3.63) is 0 Å². The van der Waals surface area contributed by atoms with Crippen molar-refractivity contribution in [2.24, 2.45) is 11.8 Å². The molecule has 17 nitrogen and oxygen atoms in total. The maximum absolute atomic E-state index is 13.1. The molecule has 0 rings (SSSR count). The third-order valence-corrected chi connectivity index (χ3v) is 20.1. The summed E-state index contributed by atoms with van der Waals surface area (Å²) < 4.78 is 68.5. The standard InChI is InChI=1S/C78H152O17P2/c1-7-9-11-13-15-17-18-19-20-21-22-23-24-25-28-32-35-39-43-50-56-62-77(82)94-73(66-89-76(81)61-55-49-42-38-34-31-29-26-27-30-33-37-40-46-52-58-70(3)4)68-92-96(84,85)90-64-72(79)65-91-97(86,87)93-69-74(95-78(83)63-57-51-45-44-47-53-59-71(5)6)67-88-75(80)60-54-48-41-36-16-14-12-10-8-2/h70-74,79H,7-69H2,1-6H3,(H,84,85)(H,86,87)/t72-,73-,74-/m1/s1. The van der Waals surface area contributed by atoms with E-state index in [0.29, 0.717) is 31.6 Å². The zero-order valence-electron chi connectivity index (χ0n) is 63.4. The molecule has 0 aromatic rings. The largest absolute Gasteiger partial charge is 0.472 e. The molecule has 0 fully saturated rings. The molecule has 0 saturated heterocycles. The number of aliphatic hydroxyl groups is 1. The van der Waals surface area contributed by atoms with Gasteiger partial charge in [-0.15, -0.1) is 0 Å². The van der Waals surface area contributed by atoms with Gasteiger partial charge in [-0.05, 0) is 37.5 Å². The number of phosphoric ester groups is 2. The first-order valence-electron chi connectivity index (χ1n) is 40.5. The fraction of sp³-hybridized carbons (Fsp3) is 0.949. The lowest BCUT2D eigenvalue weighted by atomic mass is 10.0. The SMILES string of the molecule is CCCCCCCCCCCCCCCCCCCCCCCC(=O)O[C@H](COC(=O)CCCCCCCCCCCCCCCCCC(C)C)COP(=O)(O)OC[C@@H](O)COP(=O)(O)OC[C@@H](COC(=O)CCCCCCCCCCC)OC(=O)CCCCCCCCC(C)C. The van der Waals surface area contributed by atoms with Crippen LogP contribution in [0.3, 0.4) is 0 Å². The molecule has 0 saturated carbocycles. The van der Waals surface area contributed by atoms with Gasteiger partial charge in [-0.2, -0.15) is 0 Å². The van der Waals surface area contributed by atoms with Crippen molar-refractivity contribution in [3.63, 3.8) is 0 Å². The average molecular weight is 1420 g/mol. The molecule has 0 aliphatic carbocycles. The van der Waals surface area contributed by atoms with E-state index < -0.39 is 97.5 Å². The van der Waals surface area contributed by atoms with Gasteiger partial charge >= 0.3 is 39.5 Å². The summed E-state index contributed by atoms with van der Waals surface area (Å²) in [6, 6.07) is 0. The predicted octanol–water partition coefficient (Wildman–Crippen LogP) is 23.1. The van der Waals surface area contributed by atoms with Gasteiger partial charge in [0.2, 0.25) is 0 Å². The zero-order valence-corrected chi connectivity index (χ0v) is 65.2. The summed E-state index contributed by atoms with van der Waals surface area (Å²) in [5.41, 5.74) is 0. The van der Waals surface area contributed by atoms with E-state index in [9.17, 15) is 43.2 Å². The van der Waals surface area contributed by atoms with Crippen LogP contribution >= 0.6 is 15.6 Å². The quantitative estimate of drug-likeness (QED) is 0.0222. The second-order valence-corrected chi connectivity index (χ2v) is 32.0. The second-order valence-electron chi connectivity index (χ2n) is 29.1. The van der Waals surface area contributed by atoms with Crippen molar-refractivity contribution in [1.29, 1.82) is 0 Å². The van der Waals surface area contributed by atoms with Crippen molar-refractivity contribution >= 4 is 39.5 Å². The summed E-state index contributed by atoms with van der Waals surface area (Å²) in [4.78, 5) is 72.7. The summed E-state index contributed by atoms with van der Waals surface area (Å²) in [5, 5.41) is 10.6. The van der Waals surface area contributed by atoms with Crippen molar-refractivity contribution in [1.82, 2.24) is 0 Å². The number of unbranched alkanes of at least 4 members (excludes halogenated alkanes) is 47. The van der Waals surface area contributed by atoms with Crippen LogP contribution in [0.15, 0.2) is 0 Å². The average Bonchev–Trinajstić information content (AvgIpc) is 1.08. The van der Waals surface area contributed by atoms with E-state index in [1.54, 1.807) is 0 Å². The minimum absolute atomic E-state index is 0.102. The van der Waals surface area contributed by atoms with Crippen LogP contribution in [-0.2, 0) is 65.4 Å². The lowest BCUT2D eigenvalue weighted by molar-refractivity contribution is -0.161. The molecule has 5 atom stereocenters. The number of hydrogen-bond donors (Lipinski definition) is 3. The zero-order chi connectivity index (χ0) is 71.4. The molecule has 0 aromatic heterocycles. The number of esters is 4. The highest BCUT2D eigenvalue weighted by molar-refractivity contribution is 7.47. The Morgan fingerprint density at radius 3 is 0.701 bits per heavy atom. The molecule has 0 aromatic carbocycles. The van der Waals surface area contributed by atoms with E-state index in [1.165, 1.54) is 225 Å². The van der Waals surface area contributed by atoms with Gasteiger partial charge in [-0.3, -0.25) is 37.3 Å². The molecule has 0 aliphatic heterocycles. The smallest absolute Gasteiger partial charge is 0.462 e. The van der Waals surface area contributed by atoms with Gasteiger partial charge in [0.05, 0.1) is 26.4 Å². The van der Waals surface area contributed by atoms with E-state index in [2.05, 4.69) is 41.5 Å². The van der Waals surface area contributed by atoms with Gasteiger partial charge in [-0.25, -0.2) is 9.13 Å². The van der Waals surface area contributed by atoms with E-state index in [1.807, 2.05) is 0 Å². The first-order valence-corrected chi connectivity index (χ1v) is 43.5. The maximum Gasteiger partial charge on any atom is 0.472 e. The van der Waals surface area contributed by atoms with Crippen LogP contribution in [0.25, 0.3) is 0 Å². The Kier molecular flexibility index (Phi) is 68.4. The van der Waals surface area contributed by atoms with Crippen LogP contribution in [0.2, 0.25) is 0 Å². The number of rotatable bonds is 77. The number of carbonyl (C=O) groups excluding carboxylic acids is 4. The first-order chi connectivity index (χ1) is 46.9. The van der Waals surface area contributed by atoms with Crippen LogP contribution < -0.4 is 0 Å². The van der Waals surface area contributed by atoms with E-state index in [-0.39, 0.29) is 25.7 Å². The second kappa shape index (κ2) is 69.8. The molecule has 0 bridgehead atoms. The molecular weight excluding hydrogens is 1270 g/mol. The summed E-state index contributed by atoms with van der Waals surface area (Å²) >= 11 is 0. The van der Waals surface area contributed by atoms with Gasteiger partial charge < -0.3 is 33.8 Å². The number of carbonyl (C=O) groups is 4. The van der Waals surface area contributed by atoms with Gasteiger partial charge in [0.1, 0.15) is 19.3 Å². The van der Waals surface area contributed by atoms with E-state index in [4.69, 9.17) is 37.0 Å². The minimum Gasteiger partial charge on any atom is -0.462 e. The van der Waals surface area contributed by atoms with Crippen LogP contribution in [0.4, 0.5) is 0 Å². The van der Waals surface area contributed by atoms with Crippen LogP contribution in [0, 0.1) is 11.8 Å². The molecule has 576 valence electrons. The normalized spacial score (nSPS) is 14.0. The highest BCUT2D eigenvalue weighted by Crippen LogP contribution is 2.45. The summed E-state index contributed by atoms with van der Waals surface area (Å²) in [5.74, 6) is -0.644. The summed E-state index contributed by atoms with van der Waals surface area (Å²) in [6.07, 6.45) is 58.7. The van der Waals surface area contributed by atoms with Crippen molar-refractivity contribution in [2.45, 2.75) is 426 Å². The monoisotopic (exact) mass is 1420 g/mol. The Hall–Kier alpha value is -1.94. The Balaban J connectivity index is 5.17. The minimum atomic E-state index is -4.96.